The zero-order chi connectivity index (χ0) is 12.7. The van der Waals surface area contributed by atoms with Crippen molar-refractivity contribution in [3.63, 3.8) is 0 Å². The van der Waals surface area contributed by atoms with Crippen molar-refractivity contribution in [1.82, 2.24) is 5.32 Å². The molecule has 1 unspecified atom stereocenters. The minimum atomic E-state index is 0.183. The Balaban J connectivity index is 2.74. The molecule has 1 aromatic carbocycles. The Bertz CT molecular complexity index is 399. The van der Waals surface area contributed by atoms with E-state index in [1.165, 1.54) is 0 Å². The lowest BCUT2D eigenvalue weighted by Gasteiger charge is -2.15. The van der Waals surface area contributed by atoms with Crippen LogP contribution in [-0.2, 0) is 0 Å². The molecule has 0 heterocycles. The first-order valence-electron chi connectivity index (χ1n) is 5.55. The Morgan fingerprint density at radius 2 is 2.00 bits per heavy atom. The highest BCUT2D eigenvalue weighted by Gasteiger charge is 2.09. The molecule has 0 aliphatic rings. The molecule has 0 fully saturated rings. The van der Waals surface area contributed by atoms with Crippen LogP contribution in [0.5, 0.6) is 11.5 Å². The lowest BCUT2D eigenvalue weighted by atomic mass is 10.1. The van der Waals surface area contributed by atoms with E-state index in [0.29, 0.717) is 13.0 Å². The van der Waals surface area contributed by atoms with Gasteiger partial charge in [0.2, 0.25) is 0 Å². The smallest absolute Gasteiger partial charge is 0.161 e. The molecule has 1 N–H and O–H groups in total. The molecule has 0 amide bonds. The van der Waals surface area contributed by atoms with Crippen molar-refractivity contribution in [2.45, 2.75) is 19.4 Å². The molecule has 0 aliphatic heterocycles. The zero-order valence-electron chi connectivity index (χ0n) is 10.5. The molecule has 1 aromatic rings. The number of benzene rings is 1. The van der Waals surface area contributed by atoms with Gasteiger partial charge in [-0.25, -0.2) is 0 Å². The molecule has 4 heteroatoms. The maximum Gasteiger partial charge on any atom is 0.161 e. The second-order valence-electron chi connectivity index (χ2n) is 3.70. The van der Waals surface area contributed by atoms with Crippen molar-refractivity contribution in [2.24, 2.45) is 0 Å². The number of nitriles is 1. The molecule has 0 bridgehead atoms. The summed E-state index contributed by atoms with van der Waals surface area (Å²) in [5.41, 5.74) is 1.11. The van der Waals surface area contributed by atoms with Gasteiger partial charge in [-0.2, -0.15) is 5.26 Å². The summed E-state index contributed by atoms with van der Waals surface area (Å²) in [5.74, 6) is 1.44. The van der Waals surface area contributed by atoms with Crippen LogP contribution in [0.4, 0.5) is 0 Å². The molecule has 1 rings (SSSR count). The maximum absolute atomic E-state index is 8.47. The van der Waals surface area contributed by atoms with E-state index in [-0.39, 0.29) is 6.04 Å². The van der Waals surface area contributed by atoms with Crippen LogP contribution in [0.1, 0.15) is 24.9 Å². The molecule has 17 heavy (non-hydrogen) atoms. The Morgan fingerprint density at radius 1 is 1.29 bits per heavy atom. The van der Waals surface area contributed by atoms with Gasteiger partial charge in [0.15, 0.2) is 11.5 Å². The summed E-state index contributed by atoms with van der Waals surface area (Å²) in [7, 11) is 3.24. The van der Waals surface area contributed by atoms with Crippen LogP contribution in [0, 0.1) is 11.3 Å². The predicted molar refractivity (Wildman–Crippen MR) is 66.2 cm³/mol. The average Bonchev–Trinajstić information content (AvgIpc) is 2.38. The molecule has 0 aromatic heterocycles. The van der Waals surface area contributed by atoms with Crippen molar-refractivity contribution in [3.8, 4) is 17.6 Å². The van der Waals surface area contributed by atoms with Crippen LogP contribution in [0.25, 0.3) is 0 Å². The van der Waals surface area contributed by atoms with E-state index in [4.69, 9.17) is 14.7 Å². The number of methoxy groups -OCH3 is 2. The third-order valence-electron chi connectivity index (χ3n) is 2.59. The third-order valence-corrected chi connectivity index (χ3v) is 2.59. The monoisotopic (exact) mass is 234 g/mol. The van der Waals surface area contributed by atoms with E-state index < -0.39 is 0 Å². The first-order valence-corrected chi connectivity index (χ1v) is 5.55. The Kier molecular flexibility index (Phi) is 5.31. The summed E-state index contributed by atoms with van der Waals surface area (Å²) >= 11 is 0. The lowest BCUT2D eigenvalue weighted by molar-refractivity contribution is 0.354. The summed E-state index contributed by atoms with van der Waals surface area (Å²) < 4.78 is 10.4. The second kappa shape index (κ2) is 6.77. The molecule has 0 saturated carbocycles. The van der Waals surface area contributed by atoms with Crippen LogP contribution in [0.15, 0.2) is 18.2 Å². The van der Waals surface area contributed by atoms with E-state index in [9.17, 15) is 0 Å². The predicted octanol–water partition coefficient (Wildman–Crippen LogP) is 2.27. The number of ether oxygens (including phenoxy) is 2. The van der Waals surface area contributed by atoms with Gasteiger partial charge in [-0.05, 0) is 24.6 Å². The van der Waals surface area contributed by atoms with E-state index in [1.807, 2.05) is 18.2 Å². The largest absolute Gasteiger partial charge is 0.493 e. The molecule has 0 radical (unpaired) electrons. The van der Waals surface area contributed by atoms with Gasteiger partial charge in [0.25, 0.3) is 0 Å². The fourth-order valence-electron chi connectivity index (χ4n) is 1.58. The first-order chi connectivity index (χ1) is 8.22. The van der Waals surface area contributed by atoms with Gasteiger partial charge < -0.3 is 14.8 Å². The van der Waals surface area contributed by atoms with Gasteiger partial charge in [0.05, 0.1) is 20.3 Å². The van der Waals surface area contributed by atoms with Crippen LogP contribution in [-0.4, -0.2) is 20.8 Å². The SMILES string of the molecule is COc1ccc(C(C)NCCC#N)cc1OC. The number of nitrogens with zero attached hydrogens (tertiary/aromatic N) is 1. The van der Waals surface area contributed by atoms with Gasteiger partial charge in [-0.1, -0.05) is 6.07 Å². The van der Waals surface area contributed by atoms with Gasteiger partial charge >= 0.3 is 0 Å². The van der Waals surface area contributed by atoms with Crippen molar-refractivity contribution in [3.05, 3.63) is 23.8 Å². The highest BCUT2D eigenvalue weighted by molar-refractivity contribution is 5.43. The number of nitrogens with one attached hydrogen (secondary N) is 1. The summed E-state index contributed by atoms with van der Waals surface area (Å²) in [4.78, 5) is 0. The van der Waals surface area contributed by atoms with E-state index in [2.05, 4.69) is 18.3 Å². The van der Waals surface area contributed by atoms with Crippen LogP contribution >= 0.6 is 0 Å². The van der Waals surface area contributed by atoms with Gasteiger partial charge in [-0.3, -0.25) is 0 Å². The Hall–Kier alpha value is -1.73. The van der Waals surface area contributed by atoms with Gasteiger partial charge in [0.1, 0.15) is 0 Å². The van der Waals surface area contributed by atoms with E-state index >= 15 is 0 Å². The summed E-state index contributed by atoms with van der Waals surface area (Å²) in [6.07, 6.45) is 0.512. The fraction of sp³-hybridized carbons (Fsp3) is 0.462. The topological polar surface area (TPSA) is 54.3 Å². The molecular formula is C13H18N2O2. The van der Waals surface area contributed by atoms with E-state index in [0.717, 1.165) is 17.1 Å². The maximum atomic E-state index is 8.47. The van der Waals surface area contributed by atoms with Crippen molar-refractivity contribution in [1.29, 1.82) is 5.26 Å². The highest BCUT2D eigenvalue weighted by atomic mass is 16.5. The summed E-state index contributed by atoms with van der Waals surface area (Å²) in [6.45, 7) is 2.74. The van der Waals surface area contributed by atoms with Gasteiger partial charge in [-0.15, -0.1) is 0 Å². The number of rotatable bonds is 6. The highest BCUT2D eigenvalue weighted by Crippen LogP contribution is 2.29. The first kappa shape index (κ1) is 13.3. The zero-order valence-corrected chi connectivity index (χ0v) is 10.5. The van der Waals surface area contributed by atoms with Gasteiger partial charge in [0, 0.05) is 19.0 Å². The van der Waals surface area contributed by atoms with Crippen molar-refractivity contribution >= 4 is 0 Å². The molecule has 1 atom stereocenters. The fourth-order valence-corrected chi connectivity index (χ4v) is 1.58. The lowest BCUT2D eigenvalue weighted by Crippen LogP contribution is -2.19. The van der Waals surface area contributed by atoms with Crippen molar-refractivity contribution < 1.29 is 9.47 Å². The van der Waals surface area contributed by atoms with Crippen LogP contribution in [0.2, 0.25) is 0 Å². The minimum absolute atomic E-state index is 0.183. The summed E-state index contributed by atoms with van der Waals surface area (Å²) in [6, 6.07) is 8.12. The van der Waals surface area contributed by atoms with Crippen molar-refractivity contribution in [2.75, 3.05) is 20.8 Å². The third kappa shape index (κ3) is 3.65. The normalized spacial score (nSPS) is 11.6. The quantitative estimate of drug-likeness (QED) is 0.767. The molecular weight excluding hydrogens is 216 g/mol. The minimum Gasteiger partial charge on any atom is -0.493 e. The number of hydrogen-bond donors (Lipinski definition) is 1. The van der Waals surface area contributed by atoms with Crippen LogP contribution < -0.4 is 14.8 Å². The Morgan fingerprint density at radius 3 is 2.59 bits per heavy atom. The number of hydrogen-bond acceptors (Lipinski definition) is 4. The Labute approximate surface area is 102 Å². The van der Waals surface area contributed by atoms with Crippen LogP contribution in [0.3, 0.4) is 0 Å². The average molecular weight is 234 g/mol. The molecule has 0 aliphatic carbocycles. The standard InChI is InChI=1S/C13H18N2O2/c1-10(15-8-4-7-14)11-5-6-12(16-2)13(9-11)17-3/h5-6,9-10,15H,4,8H2,1-3H3. The van der Waals surface area contributed by atoms with E-state index in [1.54, 1.807) is 14.2 Å². The molecule has 0 saturated heterocycles. The molecule has 92 valence electrons. The summed E-state index contributed by atoms with van der Waals surface area (Å²) in [5, 5.41) is 11.7. The molecule has 4 nitrogen and oxygen atoms in total. The molecule has 0 spiro atoms. The second-order valence-corrected chi connectivity index (χ2v) is 3.70.